The number of alkyl halides is 2. The summed E-state index contributed by atoms with van der Waals surface area (Å²) in [5, 5.41) is 0. The highest BCUT2D eigenvalue weighted by Gasteiger charge is 2.12. The van der Waals surface area contributed by atoms with E-state index in [9.17, 15) is 13.6 Å². The molecule has 2 heterocycles. The number of halogens is 3. The number of imidazole rings is 1. The number of aldehydes is 1. The number of aromatic nitrogens is 2. The van der Waals surface area contributed by atoms with Gasteiger partial charge >= 0.3 is 0 Å². The highest BCUT2D eigenvalue weighted by atomic mass is 79.9. The van der Waals surface area contributed by atoms with Crippen LogP contribution in [0.4, 0.5) is 8.78 Å². The minimum absolute atomic E-state index is 0.121. The molecule has 0 bridgehead atoms. The van der Waals surface area contributed by atoms with Crippen LogP contribution in [-0.2, 0) is 0 Å². The lowest BCUT2D eigenvalue weighted by Crippen LogP contribution is -1.91. The minimum atomic E-state index is -2.55. The molecular weight excluding hydrogens is 270 g/mol. The van der Waals surface area contributed by atoms with Crippen LogP contribution in [0.1, 0.15) is 22.5 Å². The summed E-state index contributed by atoms with van der Waals surface area (Å²) in [6.07, 6.45) is 0.679. The molecule has 0 aromatic carbocycles. The number of fused-ring (bicyclic) bond motifs is 1. The van der Waals surface area contributed by atoms with Gasteiger partial charge in [-0.1, -0.05) is 0 Å². The van der Waals surface area contributed by atoms with E-state index < -0.39 is 6.43 Å². The van der Waals surface area contributed by atoms with Gasteiger partial charge in [0, 0.05) is 18.0 Å². The van der Waals surface area contributed by atoms with E-state index in [1.54, 1.807) is 0 Å². The molecule has 15 heavy (non-hydrogen) atoms. The van der Waals surface area contributed by atoms with E-state index in [0.29, 0.717) is 16.4 Å². The smallest absolute Gasteiger partial charge is 0.265 e. The van der Waals surface area contributed by atoms with Crippen molar-refractivity contribution >= 4 is 27.9 Å². The van der Waals surface area contributed by atoms with Gasteiger partial charge in [0.1, 0.15) is 5.69 Å². The number of carbonyl (C=O) groups excluding carboxylic acids is 1. The van der Waals surface area contributed by atoms with Crippen molar-refractivity contribution in [1.29, 1.82) is 0 Å². The monoisotopic (exact) mass is 274 g/mol. The predicted molar refractivity (Wildman–Crippen MR) is 53.2 cm³/mol. The van der Waals surface area contributed by atoms with Gasteiger partial charge in [-0.3, -0.25) is 4.79 Å². The highest BCUT2D eigenvalue weighted by Crippen LogP contribution is 2.25. The SMILES string of the molecule is O=Cc1cn2cc(C(F)F)cc(Br)c2n1. The highest BCUT2D eigenvalue weighted by molar-refractivity contribution is 9.10. The van der Waals surface area contributed by atoms with Crippen molar-refractivity contribution in [2.24, 2.45) is 0 Å². The number of carbonyl (C=O) groups is 1. The van der Waals surface area contributed by atoms with Crippen LogP contribution in [0.2, 0.25) is 0 Å². The number of nitrogens with zero attached hydrogens (tertiary/aromatic N) is 2. The van der Waals surface area contributed by atoms with E-state index in [1.165, 1.54) is 22.9 Å². The number of pyridine rings is 1. The van der Waals surface area contributed by atoms with Crippen molar-refractivity contribution in [1.82, 2.24) is 9.38 Å². The first-order chi connectivity index (χ1) is 7.11. The molecule has 0 saturated heterocycles. The zero-order chi connectivity index (χ0) is 11.0. The second kappa shape index (κ2) is 3.69. The summed E-state index contributed by atoms with van der Waals surface area (Å²) in [6, 6.07) is 1.29. The van der Waals surface area contributed by atoms with Crippen LogP contribution in [0, 0.1) is 0 Å². The average Bonchev–Trinajstić information content (AvgIpc) is 2.61. The molecule has 0 fully saturated rings. The second-order valence-electron chi connectivity index (χ2n) is 2.94. The number of hydrogen-bond acceptors (Lipinski definition) is 2. The Bertz CT molecular complexity index is 524. The maximum Gasteiger partial charge on any atom is 0.265 e. The van der Waals surface area contributed by atoms with Crippen LogP contribution in [-0.4, -0.2) is 15.7 Å². The zero-order valence-corrected chi connectivity index (χ0v) is 8.91. The Hall–Kier alpha value is -1.30. The van der Waals surface area contributed by atoms with Gasteiger partial charge in [0.2, 0.25) is 0 Å². The predicted octanol–water partition coefficient (Wildman–Crippen LogP) is 2.85. The summed E-state index contributed by atoms with van der Waals surface area (Å²) in [5.41, 5.74) is 0.535. The van der Waals surface area contributed by atoms with Gasteiger partial charge in [-0.25, -0.2) is 13.8 Å². The van der Waals surface area contributed by atoms with Crippen molar-refractivity contribution in [3.63, 3.8) is 0 Å². The number of hydrogen-bond donors (Lipinski definition) is 0. The summed E-state index contributed by atoms with van der Waals surface area (Å²) in [7, 11) is 0. The standard InChI is InChI=1S/C9H5BrF2N2O/c10-7-1-5(8(11)12)2-14-3-6(4-15)13-9(7)14/h1-4,8H. The maximum absolute atomic E-state index is 12.4. The Balaban J connectivity index is 2.70. The molecule has 0 aliphatic heterocycles. The summed E-state index contributed by atoms with van der Waals surface area (Å²) in [6.45, 7) is 0. The van der Waals surface area contributed by atoms with E-state index in [-0.39, 0.29) is 11.3 Å². The van der Waals surface area contributed by atoms with Crippen molar-refractivity contribution in [3.8, 4) is 0 Å². The lowest BCUT2D eigenvalue weighted by molar-refractivity contribution is 0.111. The van der Waals surface area contributed by atoms with E-state index >= 15 is 0 Å². The summed E-state index contributed by atoms with van der Waals surface area (Å²) >= 11 is 3.13. The molecule has 0 spiro atoms. The van der Waals surface area contributed by atoms with Crippen molar-refractivity contribution in [2.75, 3.05) is 0 Å². The molecule has 0 N–H and O–H groups in total. The third-order valence-electron chi connectivity index (χ3n) is 1.92. The molecule has 0 aliphatic carbocycles. The largest absolute Gasteiger partial charge is 0.305 e. The molecule has 0 radical (unpaired) electrons. The Kier molecular flexibility index (Phi) is 2.52. The summed E-state index contributed by atoms with van der Waals surface area (Å²) in [5.74, 6) is 0. The van der Waals surface area contributed by atoms with Gasteiger partial charge in [0.05, 0.1) is 4.47 Å². The molecule has 2 aromatic rings. The van der Waals surface area contributed by atoms with Crippen LogP contribution in [0.15, 0.2) is 22.9 Å². The van der Waals surface area contributed by atoms with Crippen molar-refractivity contribution in [3.05, 3.63) is 34.2 Å². The fraction of sp³-hybridized carbons (Fsp3) is 0.111. The van der Waals surface area contributed by atoms with E-state index in [4.69, 9.17) is 0 Å². The molecule has 0 unspecified atom stereocenters. The molecule has 0 atom stereocenters. The van der Waals surface area contributed by atoms with E-state index in [2.05, 4.69) is 20.9 Å². The fourth-order valence-corrected chi connectivity index (χ4v) is 1.83. The van der Waals surface area contributed by atoms with Crippen LogP contribution in [0.5, 0.6) is 0 Å². The molecule has 6 heteroatoms. The average molecular weight is 275 g/mol. The van der Waals surface area contributed by atoms with E-state index in [1.807, 2.05) is 0 Å². The van der Waals surface area contributed by atoms with Gasteiger partial charge in [0.25, 0.3) is 6.43 Å². The fourth-order valence-electron chi connectivity index (χ4n) is 1.27. The molecule has 0 aliphatic rings. The molecular formula is C9H5BrF2N2O. The first kappa shape index (κ1) is 10.2. The first-order valence-corrected chi connectivity index (χ1v) is 4.82. The van der Waals surface area contributed by atoms with Gasteiger partial charge in [-0.05, 0) is 22.0 Å². The molecule has 78 valence electrons. The lowest BCUT2D eigenvalue weighted by atomic mass is 10.3. The Morgan fingerprint density at radius 3 is 2.80 bits per heavy atom. The third-order valence-corrected chi connectivity index (χ3v) is 2.50. The van der Waals surface area contributed by atoms with Gasteiger partial charge in [-0.15, -0.1) is 0 Å². The number of rotatable bonds is 2. The van der Waals surface area contributed by atoms with Gasteiger partial charge < -0.3 is 4.40 Å². The van der Waals surface area contributed by atoms with Gasteiger partial charge in [0.15, 0.2) is 11.9 Å². The molecule has 0 amide bonds. The lowest BCUT2D eigenvalue weighted by Gasteiger charge is -2.02. The zero-order valence-electron chi connectivity index (χ0n) is 7.32. The molecule has 3 nitrogen and oxygen atoms in total. The van der Waals surface area contributed by atoms with Crippen LogP contribution < -0.4 is 0 Å². The van der Waals surface area contributed by atoms with Crippen LogP contribution in [0.25, 0.3) is 5.65 Å². The van der Waals surface area contributed by atoms with E-state index in [0.717, 1.165) is 0 Å². The van der Waals surface area contributed by atoms with Crippen molar-refractivity contribution in [2.45, 2.75) is 6.43 Å². The molecule has 2 aromatic heterocycles. The van der Waals surface area contributed by atoms with Crippen molar-refractivity contribution < 1.29 is 13.6 Å². The summed E-state index contributed by atoms with van der Waals surface area (Å²) in [4.78, 5) is 14.4. The second-order valence-corrected chi connectivity index (χ2v) is 3.79. The third kappa shape index (κ3) is 1.77. The van der Waals surface area contributed by atoms with Crippen LogP contribution >= 0.6 is 15.9 Å². The quantitative estimate of drug-likeness (QED) is 0.790. The summed E-state index contributed by atoms with van der Waals surface area (Å²) < 4.78 is 26.7. The minimum Gasteiger partial charge on any atom is -0.305 e. The van der Waals surface area contributed by atoms with Crippen LogP contribution in [0.3, 0.4) is 0 Å². The topological polar surface area (TPSA) is 34.4 Å². The molecule has 0 saturated carbocycles. The normalized spacial score (nSPS) is 11.2. The first-order valence-electron chi connectivity index (χ1n) is 4.03. The Labute approximate surface area is 91.9 Å². The molecule has 2 rings (SSSR count). The maximum atomic E-state index is 12.4. The Morgan fingerprint density at radius 1 is 1.47 bits per heavy atom. The van der Waals surface area contributed by atoms with Gasteiger partial charge in [-0.2, -0.15) is 0 Å². The Morgan fingerprint density at radius 2 is 2.20 bits per heavy atom.